The summed E-state index contributed by atoms with van der Waals surface area (Å²) in [7, 11) is 5.17. The number of rotatable bonds is 7. The normalized spacial score (nSPS) is 18.2. The topological polar surface area (TPSA) is 27.7 Å². The van der Waals surface area contributed by atoms with Crippen molar-refractivity contribution >= 4 is 0 Å². The van der Waals surface area contributed by atoms with Crippen molar-refractivity contribution in [3.8, 4) is 0 Å². The van der Waals surface area contributed by atoms with Crippen LogP contribution in [-0.2, 0) is 14.2 Å². The summed E-state index contributed by atoms with van der Waals surface area (Å²) in [6, 6.07) is 0. The molecule has 2 unspecified atom stereocenters. The molecule has 0 fully saturated rings. The van der Waals surface area contributed by atoms with E-state index in [9.17, 15) is 0 Å². The van der Waals surface area contributed by atoms with Crippen LogP contribution in [0.15, 0.2) is 0 Å². The highest BCUT2D eigenvalue weighted by atomic mass is 16.5. The van der Waals surface area contributed by atoms with Crippen molar-refractivity contribution in [2.24, 2.45) is 0 Å². The molecule has 0 saturated carbocycles. The van der Waals surface area contributed by atoms with Crippen LogP contribution in [0.2, 0.25) is 0 Å². The van der Waals surface area contributed by atoms with E-state index in [2.05, 4.69) is 0 Å². The maximum atomic E-state index is 5.34. The van der Waals surface area contributed by atoms with E-state index in [-0.39, 0.29) is 18.3 Å². The predicted molar refractivity (Wildman–Crippen MR) is 53.0 cm³/mol. The largest absolute Gasteiger partial charge is 0.382 e. The summed E-state index contributed by atoms with van der Waals surface area (Å²) in [6.45, 7) is 4.09. The second kappa shape index (κ2) is 7.30. The lowest BCUT2D eigenvalue weighted by Crippen LogP contribution is -2.24. The average Bonchev–Trinajstić information content (AvgIpc) is 2.16. The maximum absolute atomic E-state index is 5.34. The average molecular weight is 190 g/mol. The van der Waals surface area contributed by atoms with Gasteiger partial charge >= 0.3 is 0 Å². The van der Waals surface area contributed by atoms with Crippen LogP contribution in [0.4, 0.5) is 0 Å². The van der Waals surface area contributed by atoms with Gasteiger partial charge < -0.3 is 14.2 Å². The van der Waals surface area contributed by atoms with E-state index in [1.807, 2.05) is 13.8 Å². The van der Waals surface area contributed by atoms with Crippen LogP contribution in [-0.4, -0.2) is 39.6 Å². The Hall–Kier alpha value is -0.120. The van der Waals surface area contributed by atoms with E-state index >= 15 is 0 Å². The summed E-state index contributed by atoms with van der Waals surface area (Å²) in [5.41, 5.74) is 0. The molecule has 0 heterocycles. The Labute approximate surface area is 81.4 Å². The van der Waals surface area contributed by atoms with Crippen LogP contribution in [0.5, 0.6) is 0 Å². The molecule has 0 aliphatic rings. The molecule has 0 aliphatic carbocycles. The molecule has 0 aromatic rings. The highest BCUT2D eigenvalue weighted by Gasteiger charge is 2.15. The molecule has 0 rings (SSSR count). The highest BCUT2D eigenvalue weighted by molar-refractivity contribution is 4.66. The molecule has 2 atom stereocenters. The molecule has 0 aliphatic heterocycles. The summed E-state index contributed by atoms with van der Waals surface area (Å²) >= 11 is 0. The Balaban J connectivity index is 3.74. The summed E-state index contributed by atoms with van der Waals surface area (Å²) < 4.78 is 15.7. The molecule has 0 amide bonds. The molecule has 80 valence electrons. The second-order valence-corrected chi connectivity index (χ2v) is 3.42. The van der Waals surface area contributed by atoms with Gasteiger partial charge in [-0.25, -0.2) is 0 Å². The minimum atomic E-state index is 0.227. The van der Waals surface area contributed by atoms with E-state index in [4.69, 9.17) is 14.2 Å². The molecule has 0 aromatic heterocycles. The van der Waals surface area contributed by atoms with Gasteiger partial charge in [-0.1, -0.05) is 0 Å². The van der Waals surface area contributed by atoms with Crippen molar-refractivity contribution in [1.82, 2.24) is 0 Å². The van der Waals surface area contributed by atoms with Gasteiger partial charge in [0, 0.05) is 21.3 Å². The third kappa shape index (κ3) is 6.02. The Morgan fingerprint density at radius 1 is 0.769 bits per heavy atom. The van der Waals surface area contributed by atoms with E-state index in [1.54, 1.807) is 21.3 Å². The number of methoxy groups -OCH3 is 3. The Bertz CT molecular complexity index is 105. The van der Waals surface area contributed by atoms with Crippen molar-refractivity contribution in [2.45, 2.75) is 45.0 Å². The third-order valence-corrected chi connectivity index (χ3v) is 2.33. The van der Waals surface area contributed by atoms with Crippen LogP contribution in [0.1, 0.15) is 26.7 Å². The molecule has 0 aromatic carbocycles. The molecule has 13 heavy (non-hydrogen) atoms. The first-order valence-corrected chi connectivity index (χ1v) is 4.72. The number of hydrogen-bond donors (Lipinski definition) is 0. The molecular weight excluding hydrogens is 168 g/mol. The molecule has 0 radical (unpaired) electrons. The van der Waals surface area contributed by atoms with E-state index in [0.29, 0.717) is 0 Å². The first-order valence-electron chi connectivity index (χ1n) is 4.72. The first kappa shape index (κ1) is 12.9. The van der Waals surface area contributed by atoms with Crippen LogP contribution < -0.4 is 0 Å². The second-order valence-electron chi connectivity index (χ2n) is 3.42. The zero-order valence-corrected chi connectivity index (χ0v) is 9.37. The summed E-state index contributed by atoms with van der Waals surface area (Å²) in [5.74, 6) is 0. The van der Waals surface area contributed by atoms with Crippen molar-refractivity contribution < 1.29 is 14.2 Å². The summed E-state index contributed by atoms with van der Waals surface area (Å²) in [6.07, 6.45) is 2.55. The van der Waals surface area contributed by atoms with Gasteiger partial charge in [-0.15, -0.1) is 0 Å². The van der Waals surface area contributed by atoms with Gasteiger partial charge in [-0.05, 0) is 26.7 Å². The Morgan fingerprint density at radius 3 is 1.38 bits per heavy atom. The van der Waals surface area contributed by atoms with Crippen LogP contribution in [0.25, 0.3) is 0 Å². The zero-order valence-electron chi connectivity index (χ0n) is 9.37. The fraction of sp³-hybridized carbons (Fsp3) is 1.00. The van der Waals surface area contributed by atoms with Gasteiger partial charge in [0.05, 0.1) is 18.3 Å². The van der Waals surface area contributed by atoms with Gasteiger partial charge in [-0.2, -0.15) is 0 Å². The first-order chi connectivity index (χ1) is 6.13. The number of hydrogen-bond acceptors (Lipinski definition) is 3. The van der Waals surface area contributed by atoms with Crippen LogP contribution in [0, 0.1) is 0 Å². The predicted octanol–water partition coefficient (Wildman–Crippen LogP) is 1.85. The third-order valence-electron chi connectivity index (χ3n) is 2.33. The Kier molecular flexibility index (Phi) is 7.23. The SMILES string of the molecule is COC(C)CC(CC(C)OC)OC. The molecule has 0 spiro atoms. The van der Waals surface area contributed by atoms with Crippen molar-refractivity contribution in [3.05, 3.63) is 0 Å². The monoisotopic (exact) mass is 190 g/mol. The van der Waals surface area contributed by atoms with Crippen LogP contribution in [0.3, 0.4) is 0 Å². The van der Waals surface area contributed by atoms with Gasteiger partial charge in [0.1, 0.15) is 0 Å². The van der Waals surface area contributed by atoms with Gasteiger partial charge in [-0.3, -0.25) is 0 Å². The molecule has 0 saturated heterocycles. The van der Waals surface area contributed by atoms with Crippen molar-refractivity contribution in [3.63, 3.8) is 0 Å². The van der Waals surface area contributed by atoms with Crippen molar-refractivity contribution in [1.29, 1.82) is 0 Å². The zero-order chi connectivity index (χ0) is 10.3. The summed E-state index contributed by atoms with van der Waals surface area (Å²) in [5, 5.41) is 0. The van der Waals surface area contributed by atoms with Gasteiger partial charge in [0.25, 0.3) is 0 Å². The molecule has 3 nitrogen and oxygen atoms in total. The van der Waals surface area contributed by atoms with Gasteiger partial charge in [0.15, 0.2) is 0 Å². The quantitative estimate of drug-likeness (QED) is 0.613. The van der Waals surface area contributed by atoms with E-state index in [1.165, 1.54) is 0 Å². The lowest BCUT2D eigenvalue weighted by molar-refractivity contribution is -0.00380. The minimum absolute atomic E-state index is 0.227. The molecule has 0 bridgehead atoms. The lowest BCUT2D eigenvalue weighted by atomic mass is 10.1. The highest BCUT2D eigenvalue weighted by Crippen LogP contribution is 2.11. The lowest BCUT2D eigenvalue weighted by Gasteiger charge is -2.21. The standard InChI is InChI=1S/C10H22O3/c1-8(11-3)6-10(13-5)7-9(2)12-4/h8-10H,6-7H2,1-5H3. The van der Waals surface area contributed by atoms with Gasteiger partial charge in [0.2, 0.25) is 0 Å². The molecule has 0 N–H and O–H groups in total. The molecule has 3 heteroatoms. The van der Waals surface area contributed by atoms with Crippen molar-refractivity contribution in [2.75, 3.05) is 21.3 Å². The maximum Gasteiger partial charge on any atom is 0.0620 e. The fourth-order valence-corrected chi connectivity index (χ4v) is 1.22. The minimum Gasteiger partial charge on any atom is -0.382 e. The van der Waals surface area contributed by atoms with Crippen LogP contribution >= 0.6 is 0 Å². The summed E-state index contributed by atoms with van der Waals surface area (Å²) in [4.78, 5) is 0. The van der Waals surface area contributed by atoms with E-state index < -0.39 is 0 Å². The fourth-order valence-electron chi connectivity index (χ4n) is 1.22. The Morgan fingerprint density at radius 2 is 1.15 bits per heavy atom. The smallest absolute Gasteiger partial charge is 0.0620 e. The molecular formula is C10H22O3. The van der Waals surface area contributed by atoms with E-state index in [0.717, 1.165) is 12.8 Å². The number of ether oxygens (including phenoxy) is 3.